The molecule has 0 radical (unpaired) electrons. The first-order valence-electron chi connectivity index (χ1n) is 9.18. The molecule has 1 saturated heterocycles. The van der Waals surface area contributed by atoms with Crippen molar-refractivity contribution in [2.45, 2.75) is 62.2 Å². The molecule has 2 aliphatic rings. The average Bonchev–Trinajstić information content (AvgIpc) is 3.14. The zero-order valence-electron chi connectivity index (χ0n) is 14.2. The molecule has 0 amide bonds. The predicted octanol–water partition coefficient (Wildman–Crippen LogP) is 4.83. The number of ether oxygens (including phenoxy) is 1. The van der Waals surface area contributed by atoms with E-state index in [1.807, 2.05) is 4.57 Å². The van der Waals surface area contributed by atoms with E-state index >= 15 is 0 Å². The lowest BCUT2D eigenvalue weighted by Crippen LogP contribution is -2.29. The fraction of sp³-hybridized carbons (Fsp3) is 0.579. The quantitative estimate of drug-likeness (QED) is 0.564. The Kier molecular flexibility index (Phi) is 5.34. The lowest BCUT2D eigenvalue weighted by atomic mass is 9.95. The number of hydrogen-bond acceptors (Lipinski definition) is 4. The number of benzene rings is 1. The summed E-state index contributed by atoms with van der Waals surface area (Å²) in [5.74, 6) is 0.852. The van der Waals surface area contributed by atoms with Crippen molar-refractivity contribution < 1.29 is 4.74 Å². The first kappa shape index (κ1) is 17.4. The molecular weight excluding hydrogens is 356 g/mol. The maximum Gasteiger partial charge on any atom is 0.262 e. The van der Waals surface area contributed by atoms with Gasteiger partial charge in [-0.1, -0.05) is 42.6 Å². The highest BCUT2D eigenvalue weighted by atomic mass is 35.5. The Balaban J connectivity index is 1.74. The molecule has 4 nitrogen and oxygen atoms in total. The molecule has 25 heavy (non-hydrogen) atoms. The molecule has 134 valence electrons. The van der Waals surface area contributed by atoms with E-state index in [1.54, 1.807) is 30.0 Å². The summed E-state index contributed by atoms with van der Waals surface area (Å²) in [6.07, 6.45) is 8.26. The lowest BCUT2D eigenvalue weighted by Gasteiger charge is -2.26. The summed E-state index contributed by atoms with van der Waals surface area (Å²) in [5, 5.41) is 2.10. The van der Waals surface area contributed by atoms with E-state index in [4.69, 9.17) is 21.3 Å². The van der Waals surface area contributed by atoms with Gasteiger partial charge in [-0.05, 0) is 43.9 Å². The molecule has 0 bridgehead atoms. The molecule has 1 aromatic heterocycles. The summed E-state index contributed by atoms with van der Waals surface area (Å²) in [4.78, 5) is 18.0. The van der Waals surface area contributed by atoms with Gasteiger partial charge in [0, 0.05) is 23.4 Å². The van der Waals surface area contributed by atoms with Gasteiger partial charge < -0.3 is 4.74 Å². The van der Waals surface area contributed by atoms with Gasteiger partial charge in [-0.25, -0.2) is 4.98 Å². The van der Waals surface area contributed by atoms with Gasteiger partial charge in [0.05, 0.1) is 17.0 Å². The lowest BCUT2D eigenvalue weighted by molar-refractivity contribution is 0.128. The molecule has 0 spiro atoms. The van der Waals surface area contributed by atoms with Crippen LogP contribution in [0.5, 0.6) is 0 Å². The van der Waals surface area contributed by atoms with Crippen LogP contribution in [-0.2, 0) is 4.74 Å². The molecule has 0 N–H and O–H groups in total. The SMILES string of the molecule is O=c1c2ccc(Cl)cc2nc(SCC2CCCO2)n1C1CCCCC1. The summed E-state index contributed by atoms with van der Waals surface area (Å²) in [6, 6.07) is 5.64. The first-order chi connectivity index (χ1) is 12.2. The topological polar surface area (TPSA) is 44.1 Å². The minimum absolute atomic E-state index is 0.0726. The fourth-order valence-corrected chi connectivity index (χ4v) is 5.16. The van der Waals surface area contributed by atoms with Gasteiger partial charge in [0.2, 0.25) is 0 Å². The van der Waals surface area contributed by atoms with E-state index in [2.05, 4.69) is 0 Å². The van der Waals surface area contributed by atoms with Crippen LogP contribution in [0, 0.1) is 0 Å². The highest BCUT2D eigenvalue weighted by Crippen LogP contribution is 2.32. The molecule has 1 atom stereocenters. The third-order valence-corrected chi connectivity index (χ3v) is 6.51. The number of hydrogen-bond donors (Lipinski definition) is 0. The van der Waals surface area contributed by atoms with Crippen molar-refractivity contribution in [1.29, 1.82) is 0 Å². The number of thioether (sulfide) groups is 1. The summed E-state index contributed by atoms with van der Waals surface area (Å²) >= 11 is 7.77. The Morgan fingerprint density at radius 2 is 2.04 bits per heavy atom. The van der Waals surface area contributed by atoms with E-state index in [1.165, 1.54) is 19.3 Å². The van der Waals surface area contributed by atoms with E-state index in [0.717, 1.165) is 43.2 Å². The first-order valence-corrected chi connectivity index (χ1v) is 10.5. The number of rotatable bonds is 4. The summed E-state index contributed by atoms with van der Waals surface area (Å²) in [5.41, 5.74) is 0.766. The van der Waals surface area contributed by atoms with Crippen LogP contribution in [0.25, 0.3) is 10.9 Å². The van der Waals surface area contributed by atoms with Crippen LogP contribution in [0.15, 0.2) is 28.2 Å². The summed E-state index contributed by atoms with van der Waals surface area (Å²) in [7, 11) is 0. The molecule has 1 saturated carbocycles. The van der Waals surface area contributed by atoms with Crippen molar-refractivity contribution in [1.82, 2.24) is 9.55 Å². The number of aromatic nitrogens is 2. The Hall–Kier alpha value is -1.04. The minimum atomic E-state index is 0.0726. The van der Waals surface area contributed by atoms with E-state index in [-0.39, 0.29) is 17.7 Å². The summed E-state index contributed by atoms with van der Waals surface area (Å²) in [6.45, 7) is 0.849. The molecular formula is C19H23ClN2O2S. The van der Waals surface area contributed by atoms with Gasteiger partial charge in [-0.15, -0.1) is 0 Å². The van der Waals surface area contributed by atoms with Gasteiger partial charge in [-0.3, -0.25) is 9.36 Å². The molecule has 1 unspecified atom stereocenters. The molecule has 6 heteroatoms. The number of fused-ring (bicyclic) bond motifs is 1. The van der Waals surface area contributed by atoms with E-state index < -0.39 is 0 Å². The normalized spacial score (nSPS) is 21.9. The van der Waals surface area contributed by atoms with Gasteiger partial charge in [0.15, 0.2) is 5.16 Å². The molecule has 1 aliphatic carbocycles. The Morgan fingerprint density at radius 1 is 1.20 bits per heavy atom. The van der Waals surface area contributed by atoms with E-state index in [0.29, 0.717) is 15.9 Å². The highest BCUT2D eigenvalue weighted by molar-refractivity contribution is 7.99. The second kappa shape index (κ2) is 7.68. The van der Waals surface area contributed by atoms with Crippen LogP contribution in [0.2, 0.25) is 5.02 Å². The van der Waals surface area contributed by atoms with E-state index in [9.17, 15) is 4.79 Å². The van der Waals surface area contributed by atoms with Crippen molar-refractivity contribution in [2.75, 3.05) is 12.4 Å². The van der Waals surface area contributed by atoms with Crippen molar-refractivity contribution >= 4 is 34.3 Å². The van der Waals surface area contributed by atoms with Crippen molar-refractivity contribution in [2.24, 2.45) is 0 Å². The monoisotopic (exact) mass is 378 g/mol. The van der Waals surface area contributed by atoms with Crippen LogP contribution in [-0.4, -0.2) is 28.0 Å². The highest BCUT2D eigenvalue weighted by Gasteiger charge is 2.23. The molecule has 2 heterocycles. The third kappa shape index (κ3) is 3.74. The smallest absolute Gasteiger partial charge is 0.262 e. The minimum Gasteiger partial charge on any atom is -0.377 e. The predicted molar refractivity (Wildman–Crippen MR) is 103 cm³/mol. The maximum atomic E-state index is 13.2. The van der Waals surface area contributed by atoms with Gasteiger partial charge >= 0.3 is 0 Å². The molecule has 2 aromatic rings. The maximum absolute atomic E-state index is 13.2. The Labute approximate surface area is 156 Å². The van der Waals surface area contributed by atoms with Crippen LogP contribution in [0.1, 0.15) is 51.0 Å². The molecule has 2 fully saturated rings. The van der Waals surface area contributed by atoms with Gasteiger partial charge in [0.25, 0.3) is 5.56 Å². The second-order valence-corrected chi connectivity index (χ2v) is 8.39. The average molecular weight is 379 g/mol. The Bertz CT molecular complexity index is 811. The Morgan fingerprint density at radius 3 is 2.80 bits per heavy atom. The largest absolute Gasteiger partial charge is 0.377 e. The van der Waals surface area contributed by atoms with Crippen molar-refractivity contribution in [3.8, 4) is 0 Å². The van der Waals surface area contributed by atoms with Gasteiger partial charge in [0.1, 0.15) is 0 Å². The molecule has 1 aromatic carbocycles. The standard InChI is InChI=1S/C19H23ClN2O2S/c20-13-8-9-16-17(11-13)21-19(25-12-15-7-4-10-24-15)22(18(16)23)14-5-2-1-3-6-14/h8-9,11,14-15H,1-7,10,12H2. The summed E-state index contributed by atoms with van der Waals surface area (Å²) < 4.78 is 7.69. The zero-order valence-corrected chi connectivity index (χ0v) is 15.8. The third-order valence-electron chi connectivity index (χ3n) is 5.19. The second-order valence-electron chi connectivity index (χ2n) is 6.97. The number of nitrogens with zero attached hydrogens (tertiary/aromatic N) is 2. The fourth-order valence-electron chi connectivity index (χ4n) is 3.86. The van der Waals surface area contributed by atoms with Crippen LogP contribution < -0.4 is 5.56 Å². The van der Waals surface area contributed by atoms with Crippen LogP contribution in [0.3, 0.4) is 0 Å². The zero-order chi connectivity index (χ0) is 17.2. The molecule has 4 rings (SSSR count). The van der Waals surface area contributed by atoms with Crippen LogP contribution >= 0.6 is 23.4 Å². The van der Waals surface area contributed by atoms with Crippen LogP contribution in [0.4, 0.5) is 0 Å². The molecule has 1 aliphatic heterocycles. The van der Waals surface area contributed by atoms with Crippen molar-refractivity contribution in [3.63, 3.8) is 0 Å². The van der Waals surface area contributed by atoms with Crippen molar-refractivity contribution in [3.05, 3.63) is 33.6 Å². The van der Waals surface area contributed by atoms with Gasteiger partial charge in [-0.2, -0.15) is 0 Å². The number of halogens is 1.